The molecule has 6 aliphatic rings. The number of ether oxygens (including phenoxy) is 4. The fraction of sp³-hybridized carbons (Fsp3) is 0.619. The number of pyridine rings is 3. The van der Waals surface area contributed by atoms with Crippen LogP contribution in [0.25, 0.3) is 32.7 Å². The van der Waals surface area contributed by atoms with E-state index in [1.165, 1.54) is 23.6 Å². The smallest absolute Gasteiger partial charge is 0.449 e. The van der Waals surface area contributed by atoms with Gasteiger partial charge in [-0.2, -0.15) is 34.8 Å². The van der Waals surface area contributed by atoms with Crippen molar-refractivity contribution in [3.05, 3.63) is 113 Å². The molecule has 3 saturated carbocycles. The summed E-state index contributed by atoms with van der Waals surface area (Å²) >= 11 is 0. The molecule has 7 N–H and O–H groups in total. The molecule has 5 amide bonds. The van der Waals surface area contributed by atoms with Crippen LogP contribution in [-0.2, 0) is 46.7 Å². The zero-order valence-corrected chi connectivity index (χ0v) is 77.2. The van der Waals surface area contributed by atoms with E-state index in [2.05, 4.69) is 20.1 Å². The second-order valence-corrected chi connectivity index (χ2v) is 37.8. The summed E-state index contributed by atoms with van der Waals surface area (Å²) in [7, 11) is -6.09. The number of carbonyl (C=O) groups excluding carboxylic acids is 5. The molecule has 3 saturated heterocycles. The van der Waals surface area contributed by atoms with Crippen LogP contribution in [-0.4, -0.2) is 172 Å². The van der Waals surface area contributed by atoms with E-state index in [0.29, 0.717) is 148 Å². The van der Waals surface area contributed by atoms with Crippen LogP contribution in [0.1, 0.15) is 194 Å². The van der Waals surface area contributed by atoms with Crippen LogP contribution >= 0.6 is 0 Å². The zero-order valence-electron chi connectivity index (χ0n) is 73.3. The average molecular weight is 1840 g/mol. The Balaban J connectivity index is 0.000000240. The topological polar surface area (TPSA) is 328 Å². The third-order valence-corrected chi connectivity index (χ3v) is 21.9. The zero-order chi connectivity index (χ0) is 92.2. The minimum atomic E-state index is -6.09. The fourth-order valence-corrected chi connectivity index (χ4v) is 15.9. The Morgan fingerprint density at radius 3 is 1.09 bits per heavy atom. The summed E-state index contributed by atoms with van der Waals surface area (Å²) in [6.07, 6.45) is -0.603. The van der Waals surface area contributed by atoms with Crippen molar-refractivity contribution in [2.45, 2.75) is 240 Å². The second-order valence-electron chi connectivity index (χ2n) is 36.3. The first kappa shape index (κ1) is 105. The minimum Gasteiger partial charge on any atom is -0.449 e. The number of carbonyl (C=O) groups is 5. The molecule has 3 atom stereocenters. The Morgan fingerprint density at radius 1 is 0.460 bits per heavy atom. The maximum absolute atomic E-state index is 15.8. The molecule has 6 fully saturated rings. The SMILES string of the molecule is C.CC(C)(C)OC(=O)NCC[B-](F)(F)F.Cc1c(N2CCC(CNC(=O)C(F)(F)F)C2)c(F)cc2c(CCN)cc(=O)n(C3CC3)c12.Cc1c(N2CCC(CNC(=O)OC(C)(C)C)C2)c(F)cc2c(CCNC(=O)OC(C)(C)C)cc(=O)n(C3CC3)c12.Cc1c(N2CCC(CNC(=O)OC(C)(C)C)C2)c(F)cc2c(OS(=O)(=O)C(F)(F)F)cc(=O)n(C3CC3)c12.[K+]. The predicted molar refractivity (Wildman–Crippen MR) is 453 cm³/mol. The van der Waals surface area contributed by atoms with E-state index in [4.69, 9.17) is 24.7 Å². The summed E-state index contributed by atoms with van der Waals surface area (Å²) in [5, 5.41) is 13.3. The Kier molecular flexibility index (Phi) is 34.7. The number of fused-ring (bicyclic) bond motifs is 3. The van der Waals surface area contributed by atoms with Crippen molar-refractivity contribution in [2.24, 2.45) is 23.5 Å². The Morgan fingerprint density at radius 2 is 0.770 bits per heavy atom. The summed E-state index contributed by atoms with van der Waals surface area (Å²) in [5.41, 5.74) is 2.14. The number of nitrogens with zero attached hydrogens (tertiary/aromatic N) is 6. The van der Waals surface area contributed by atoms with Crippen molar-refractivity contribution < 1.29 is 159 Å². The van der Waals surface area contributed by atoms with Gasteiger partial charge in [-0.15, -0.1) is 0 Å². The number of benzene rings is 3. The normalized spacial score (nSPS) is 17.5. The number of hydrogen-bond donors (Lipinski definition) is 6. The van der Waals surface area contributed by atoms with E-state index >= 15 is 13.2 Å². The van der Waals surface area contributed by atoms with E-state index in [1.807, 2.05) is 47.8 Å². The van der Waals surface area contributed by atoms with E-state index in [-0.39, 0.29) is 147 Å². The molecular weight excluding hydrogens is 1730 g/mol. The number of anilines is 3. The molecule has 27 nitrogen and oxygen atoms in total. The minimum absolute atomic E-state index is 0. The number of alkyl halides is 6. The van der Waals surface area contributed by atoms with Crippen LogP contribution in [0.4, 0.5) is 88.7 Å². The predicted octanol–water partition coefficient (Wildman–Crippen LogP) is 12.4. The van der Waals surface area contributed by atoms with E-state index < -0.39 is 117 Å². The van der Waals surface area contributed by atoms with E-state index in [1.54, 1.807) is 95.7 Å². The Hall–Kier alpha value is -8.19. The molecule has 12 rings (SSSR count). The number of rotatable bonds is 22. The summed E-state index contributed by atoms with van der Waals surface area (Å²) in [4.78, 5) is 103. The molecule has 0 bridgehead atoms. The molecule has 3 aliphatic heterocycles. The monoisotopic (exact) mass is 1840 g/mol. The molecule has 0 radical (unpaired) electrons. The first-order valence-electron chi connectivity index (χ1n) is 41.3. The first-order valence-corrected chi connectivity index (χ1v) is 42.8. The number of aryl methyl sites for hydroxylation is 3. The van der Waals surface area contributed by atoms with Gasteiger partial charge in [0.25, 0.3) is 16.7 Å². The van der Waals surface area contributed by atoms with Crippen molar-refractivity contribution in [1.29, 1.82) is 0 Å². The summed E-state index contributed by atoms with van der Waals surface area (Å²) in [6, 6.07) is 7.62. The standard InChI is InChI=1S/C30H43FN4O5.C24H29F4N3O6S.C22H26F4N4O2.C7H14BF3NO2.CH4.K/c1-18-25-22(15-23(31)26(18)34-13-11-19(17-34)16-33-28(38)40-30(5,6)7)20(14-24(36)35(25)21-8-9-21)10-12-32-27(37)39-29(2,3)4;1-13-20-16(18(37-38(34,35)24(26,27)28)10-19(32)31(20)15-5-6-15)9-17(25)21(13)30-8-7-14(12-30)11-29-22(33)36-23(2,3)4;1-12-19-16(14(4-6-27)8-18(31)30(19)15-2-3-15)9-17(23)20(12)29-7-5-13(11-29)10-28-21(32)22(24,25)26;1-7(2,3)14-6(13)12-5-4-8(9,10)11;;/h14-15,19,21H,8-13,16-17H2,1-7H3,(H,32,37)(H,33,38);9-10,14-15H,5-8,11-12H2,1-4H3,(H,29,33);8-9,13,15H,2-7,10-11,27H2,1H3,(H,28,32);4-5H2,1-3H3,(H,12,13);1H4;/q;;;-1;;+1. The van der Waals surface area contributed by atoms with Gasteiger partial charge in [-0.1, -0.05) is 13.7 Å². The summed E-state index contributed by atoms with van der Waals surface area (Å²) < 4.78 is 211. The van der Waals surface area contributed by atoms with Crippen LogP contribution in [0.5, 0.6) is 5.75 Å². The van der Waals surface area contributed by atoms with E-state index in [0.717, 1.165) is 49.3 Å². The van der Waals surface area contributed by atoms with Crippen molar-refractivity contribution >= 4 is 97.1 Å². The van der Waals surface area contributed by atoms with Crippen LogP contribution < -0.4 is 119 Å². The van der Waals surface area contributed by atoms with E-state index in [9.17, 15) is 86.1 Å². The van der Waals surface area contributed by atoms with Crippen molar-refractivity contribution in [1.82, 2.24) is 40.3 Å². The van der Waals surface area contributed by atoms with Gasteiger partial charge in [0, 0.05) is 118 Å². The largest absolute Gasteiger partial charge is 1.00 e. The van der Waals surface area contributed by atoms with Gasteiger partial charge < -0.3 is 96.8 Å². The van der Waals surface area contributed by atoms with Crippen LogP contribution in [0.15, 0.2) is 50.8 Å². The number of halogens is 12. The quantitative estimate of drug-likeness (QED) is 0.0121. The molecule has 3 unspecified atom stereocenters. The number of hydrogen-bond acceptors (Lipinski definition) is 19. The maximum atomic E-state index is 15.8. The first-order chi connectivity index (χ1) is 57.3. The molecule has 6 aromatic rings. The third-order valence-electron chi connectivity index (χ3n) is 20.9. The molecular formula is C84H116BF12KN12O15S. The third kappa shape index (κ3) is 28.7. The number of nitrogens with two attached hydrogens (primary N) is 1. The van der Waals surface area contributed by atoms with Gasteiger partial charge in [0.15, 0.2) is 5.75 Å². The summed E-state index contributed by atoms with van der Waals surface area (Å²) in [5.74, 6) is -4.54. The summed E-state index contributed by atoms with van der Waals surface area (Å²) in [6.45, 7) is 24.9. The molecule has 3 aliphatic carbocycles. The van der Waals surface area contributed by atoms with Crippen molar-refractivity contribution in [3.63, 3.8) is 0 Å². The number of alkyl carbamates (subject to hydrolysis) is 4. The van der Waals surface area contributed by atoms with Crippen LogP contribution in [0, 0.1) is 56.0 Å². The molecule has 3 aromatic carbocycles. The second kappa shape index (κ2) is 41.7. The molecule has 0 spiro atoms. The molecule has 6 heterocycles. The fourth-order valence-electron chi connectivity index (χ4n) is 15.4. The van der Waals surface area contributed by atoms with Gasteiger partial charge in [0.2, 0.25) is 0 Å². The van der Waals surface area contributed by atoms with Crippen LogP contribution in [0.3, 0.4) is 0 Å². The maximum Gasteiger partial charge on any atom is 1.00 e. The van der Waals surface area contributed by atoms with Crippen molar-refractivity contribution in [3.8, 4) is 5.75 Å². The average Bonchev–Trinajstić information content (AvgIpc) is 1.37. The number of aromatic nitrogens is 3. The van der Waals surface area contributed by atoms with Crippen LogP contribution in [0.2, 0.25) is 6.32 Å². The number of amides is 5. The van der Waals surface area contributed by atoms with Gasteiger partial charge in [-0.05, 0) is 251 Å². The molecule has 696 valence electrons. The molecule has 126 heavy (non-hydrogen) atoms. The van der Waals surface area contributed by atoms with Gasteiger partial charge >= 0.3 is 110 Å². The van der Waals surface area contributed by atoms with Gasteiger partial charge in [-0.3, -0.25) is 19.2 Å². The van der Waals surface area contributed by atoms with Gasteiger partial charge in [-0.25, -0.2) is 32.3 Å². The Labute approximate surface area is 766 Å². The van der Waals surface area contributed by atoms with Gasteiger partial charge in [0.05, 0.1) is 33.6 Å². The Bertz CT molecular complexity index is 5270. The number of nitrogens with one attached hydrogen (secondary N) is 5. The molecule has 42 heteroatoms. The van der Waals surface area contributed by atoms with Crippen molar-refractivity contribution in [2.75, 3.05) is 93.2 Å². The molecule has 3 aromatic heterocycles. The van der Waals surface area contributed by atoms with Gasteiger partial charge in [0.1, 0.15) is 39.9 Å².